The highest BCUT2D eigenvalue weighted by molar-refractivity contribution is 5.88. The van der Waals surface area contributed by atoms with Gasteiger partial charge in [0.25, 0.3) is 0 Å². The molecule has 25 heavy (non-hydrogen) atoms. The monoisotopic (exact) mass is 332 g/mol. The van der Waals surface area contributed by atoms with Gasteiger partial charge in [-0.25, -0.2) is 4.79 Å². The van der Waals surface area contributed by atoms with Crippen LogP contribution in [0.25, 0.3) is 22.3 Å². The van der Waals surface area contributed by atoms with E-state index in [0.717, 1.165) is 28.7 Å². The van der Waals surface area contributed by atoms with Crippen molar-refractivity contribution in [2.75, 3.05) is 6.61 Å². The lowest BCUT2D eigenvalue weighted by Gasteiger charge is -2.15. The molecule has 0 heterocycles. The number of hydrogen-bond acceptors (Lipinski definition) is 3. The number of carbonyl (C=O) groups excluding carboxylic acids is 1. The summed E-state index contributed by atoms with van der Waals surface area (Å²) < 4.78 is 10.6. The predicted molar refractivity (Wildman–Crippen MR) is 99.6 cm³/mol. The Morgan fingerprint density at radius 3 is 2.08 bits per heavy atom. The minimum atomic E-state index is -0.677. The van der Waals surface area contributed by atoms with Gasteiger partial charge in [-0.05, 0) is 29.2 Å². The highest BCUT2D eigenvalue weighted by Gasteiger charge is 2.16. The smallest absolute Gasteiger partial charge is 0.434 e. The van der Waals surface area contributed by atoms with Gasteiger partial charge in [0.1, 0.15) is 5.75 Å². The fourth-order valence-electron chi connectivity index (χ4n) is 2.68. The first-order valence-corrected chi connectivity index (χ1v) is 8.38. The van der Waals surface area contributed by atoms with Crippen LogP contribution >= 0.6 is 0 Å². The number of rotatable bonds is 5. The third-order valence-electron chi connectivity index (χ3n) is 3.79. The van der Waals surface area contributed by atoms with Crippen LogP contribution in [0.15, 0.2) is 78.9 Å². The van der Waals surface area contributed by atoms with Crippen LogP contribution in [0.4, 0.5) is 4.79 Å². The molecule has 3 heteroatoms. The van der Waals surface area contributed by atoms with Crippen molar-refractivity contribution in [3.63, 3.8) is 0 Å². The normalized spacial score (nSPS) is 10.3. The Kier molecular flexibility index (Phi) is 5.47. The maximum Gasteiger partial charge on any atom is 0.513 e. The fraction of sp³-hybridized carbons (Fsp3) is 0.136. The minimum Gasteiger partial charge on any atom is -0.434 e. The van der Waals surface area contributed by atoms with Crippen molar-refractivity contribution < 1.29 is 14.3 Å². The van der Waals surface area contributed by atoms with Gasteiger partial charge in [-0.2, -0.15) is 0 Å². The van der Waals surface area contributed by atoms with E-state index in [4.69, 9.17) is 9.47 Å². The van der Waals surface area contributed by atoms with Crippen molar-refractivity contribution in [2.24, 2.45) is 0 Å². The molecule has 0 bridgehead atoms. The molecule has 0 saturated heterocycles. The molecule has 0 radical (unpaired) electrons. The largest absolute Gasteiger partial charge is 0.513 e. The highest BCUT2D eigenvalue weighted by atomic mass is 16.7. The molecule has 0 aromatic heterocycles. The zero-order valence-corrected chi connectivity index (χ0v) is 14.1. The Labute approximate surface area is 147 Å². The molecule has 3 aromatic rings. The van der Waals surface area contributed by atoms with Crippen LogP contribution in [-0.4, -0.2) is 12.8 Å². The molecule has 3 rings (SSSR count). The summed E-state index contributed by atoms with van der Waals surface area (Å²) in [6.45, 7) is 2.29. The maximum atomic E-state index is 12.0. The fourth-order valence-corrected chi connectivity index (χ4v) is 2.68. The second kappa shape index (κ2) is 8.15. The summed E-state index contributed by atoms with van der Waals surface area (Å²) in [5, 5.41) is 0. The quantitative estimate of drug-likeness (QED) is 0.428. The van der Waals surface area contributed by atoms with E-state index in [1.165, 1.54) is 0 Å². The predicted octanol–water partition coefficient (Wildman–Crippen LogP) is 5.95. The summed E-state index contributed by atoms with van der Waals surface area (Å²) in [6.07, 6.45) is 0.0780. The first-order chi connectivity index (χ1) is 12.3. The SMILES string of the molecule is CCCOC(=O)Oc1cccc(-c2ccccc2)c1-c1ccccc1. The number of benzene rings is 3. The highest BCUT2D eigenvalue weighted by Crippen LogP contribution is 2.39. The van der Waals surface area contributed by atoms with Crippen LogP contribution in [0.2, 0.25) is 0 Å². The number of ether oxygens (including phenoxy) is 2. The first-order valence-electron chi connectivity index (χ1n) is 8.38. The molecule has 0 amide bonds. The third-order valence-corrected chi connectivity index (χ3v) is 3.79. The zero-order valence-electron chi connectivity index (χ0n) is 14.1. The van der Waals surface area contributed by atoms with E-state index in [0.29, 0.717) is 12.4 Å². The van der Waals surface area contributed by atoms with Gasteiger partial charge in [0.05, 0.1) is 6.61 Å². The molecule has 0 N–H and O–H groups in total. The van der Waals surface area contributed by atoms with E-state index in [-0.39, 0.29) is 0 Å². The van der Waals surface area contributed by atoms with Gasteiger partial charge in [-0.15, -0.1) is 0 Å². The van der Waals surface area contributed by atoms with Crippen LogP contribution in [0, 0.1) is 0 Å². The molecule has 0 saturated carbocycles. The summed E-state index contributed by atoms with van der Waals surface area (Å²) in [7, 11) is 0. The zero-order chi connectivity index (χ0) is 17.5. The molecule has 0 aliphatic heterocycles. The van der Waals surface area contributed by atoms with E-state index >= 15 is 0 Å². The standard InChI is InChI=1S/C22H20O3/c1-2-16-24-22(23)25-20-15-9-14-19(17-10-5-3-6-11-17)21(20)18-12-7-4-8-13-18/h3-15H,2,16H2,1H3. The lowest BCUT2D eigenvalue weighted by Crippen LogP contribution is -2.11. The van der Waals surface area contributed by atoms with E-state index in [1.807, 2.05) is 79.7 Å². The summed E-state index contributed by atoms with van der Waals surface area (Å²) in [4.78, 5) is 12.0. The van der Waals surface area contributed by atoms with Gasteiger partial charge in [-0.3, -0.25) is 0 Å². The van der Waals surface area contributed by atoms with Crippen molar-refractivity contribution in [3.8, 4) is 28.0 Å². The second-order valence-corrected chi connectivity index (χ2v) is 5.61. The van der Waals surface area contributed by atoms with E-state index in [2.05, 4.69) is 0 Å². The molecule has 0 fully saturated rings. The average Bonchev–Trinajstić information content (AvgIpc) is 2.67. The summed E-state index contributed by atoms with van der Waals surface area (Å²) in [5.41, 5.74) is 3.93. The summed E-state index contributed by atoms with van der Waals surface area (Å²) in [5.74, 6) is 0.494. The molecule has 0 aliphatic rings. The van der Waals surface area contributed by atoms with Crippen molar-refractivity contribution >= 4 is 6.16 Å². The second-order valence-electron chi connectivity index (χ2n) is 5.61. The van der Waals surface area contributed by atoms with Crippen molar-refractivity contribution in [1.29, 1.82) is 0 Å². The third kappa shape index (κ3) is 4.07. The molecule has 126 valence electrons. The van der Waals surface area contributed by atoms with E-state index in [9.17, 15) is 4.79 Å². The molecule has 0 unspecified atom stereocenters. The molecule has 3 nitrogen and oxygen atoms in total. The van der Waals surface area contributed by atoms with Crippen molar-refractivity contribution in [3.05, 3.63) is 78.9 Å². The van der Waals surface area contributed by atoms with Gasteiger partial charge >= 0.3 is 6.16 Å². The molecular weight excluding hydrogens is 312 g/mol. The van der Waals surface area contributed by atoms with Crippen molar-refractivity contribution in [2.45, 2.75) is 13.3 Å². The Hall–Kier alpha value is -3.07. The van der Waals surface area contributed by atoms with E-state index < -0.39 is 6.16 Å². The van der Waals surface area contributed by atoms with Crippen LogP contribution in [0.5, 0.6) is 5.75 Å². The van der Waals surface area contributed by atoms with Gasteiger partial charge in [-0.1, -0.05) is 79.7 Å². The van der Waals surface area contributed by atoms with Gasteiger partial charge < -0.3 is 9.47 Å². The Morgan fingerprint density at radius 2 is 1.44 bits per heavy atom. The van der Waals surface area contributed by atoms with Crippen LogP contribution in [-0.2, 0) is 4.74 Å². The number of hydrogen-bond donors (Lipinski definition) is 0. The number of carbonyl (C=O) groups is 1. The van der Waals surface area contributed by atoms with Crippen molar-refractivity contribution in [1.82, 2.24) is 0 Å². The van der Waals surface area contributed by atoms with Gasteiger partial charge in [0.15, 0.2) is 0 Å². The summed E-state index contributed by atoms with van der Waals surface area (Å²) >= 11 is 0. The Morgan fingerprint density at radius 1 is 0.800 bits per heavy atom. The Bertz CT molecular complexity index is 826. The lowest BCUT2D eigenvalue weighted by molar-refractivity contribution is 0.0994. The first kappa shape index (κ1) is 16.8. The maximum absolute atomic E-state index is 12.0. The molecule has 0 spiro atoms. The average molecular weight is 332 g/mol. The molecule has 0 atom stereocenters. The van der Waals surface area contributed by atoms with Crippen LogP contribution in [0.3, 0.4) is 0 Å². The lowest BCUT2D eigenvalue weighted by atomic mass is 9.94. The molecular formula is C22H20O3. The van der Waals surface area contributed by atoms with Gasteiger partial charge in [0.2, 0.25) is 0 Å². The summed E-state index contributed by atoms with van der Waals surface area (Å²) in [6, 6.07) is 25.7. The molecule has 0 aliphatic carbocycles. The minimum absolute atomic E-state index is 0.345. The van der Waals surface area contributed by atoms with E-state index in [1.54, 1.807) is 6.07 Å². The van der Waals surface area contributed by atoms with Crippen LogP contribution in [0.1, 0.15) is 13.3 Å². The van der Waals surface area contributed by atoms with Gasteiger partial charge in [0, 0.05) is 5.56 Å². The Balaban J connectivity index is 2.08. The topological polar surface area (TPSA) is 35.5 Å². The molecule has 3 aromatic carbocycles. The van der Waals surface area contributed by atoms with Crippen LogP contribution < -0.4 is 4.74 Å².